The molecule has 4 nitrogen and oxygen atoms in total. The fraction of sp³-hybridized carbons (Fsp3) is 0.692. The molecule has 120 valence electrons. The summed E-state index contributed by atoms with van der Waals surface area (Å²) in [6.07, 6.45) is -3.74. The van der Waals surface area contributed by atoms with Crippen molar-refractivity contribution < 1.29 is 23.1 Å². The highest BCUT2D eigenvalue weighted by atomic mass is 32.2. The molecule has 0 saturated carbocycles. The van der Waals surface area contributed by atoms with Gasteiger partial charge in [-0.05, 0) is 6.92 Å². The Bertz CT molecular complexity index is 506. The lowest BCUT2D eigenvalue weighted by Gasteiger charge is -2.26. The Hall–Kier alpha value is -1.18. The Morgan fingerprint density at radius 2 is 2.00 bits per heavy atom. The zero-order valence-corrected chi connectivity index (χ0v) is 13.2. The summed E-state index contributed by atoms with van der Waals surface area (Å²) < 4.78 is 39.4. The van der Waals surface area contributed by atoms with Crippen LogP contribution in [0, 0.1) is 0 Å². The molecule has 1 atom stereocenters. The Morgan fingerprint density at radius 1 is 1.43 bits per heavy atom. The first-order chi connectivity index (χ1) is 9.42. The Morgan fingerprint density at radius 3 is 2.43 bits per heavy atom. The van der Waals surface area contributed by atoms with Crippen LogP contribution in [0.1, 0.15) is 45.9 Å². The molecule has 0 saturated heterocycles. The van der Waals surface area contributed by atoms with E-state index in [-0.39, 0.29) is 11.2 Å². The monoisotopic (exact) mass is 324 g/mol. The van der Waals surface area contributed by atoms with E-state index in [1.54, 1.807) is 0 Å². The van der Waals surface area contributed by atoms with Crippen LogP contribution in [-0.2, 0) is 10.2 Å². The van der Waals surface area contributed by atoms with E-state index >= 15 is 0 Å². The summed E-state index contributed by atoms with van der Waals surface area (Å²) >= 11 is 0.931. The van der Waals surface area contributed by atoms with Crippen molar-refractivity contribution in [2.24, 2.45) is 0 Å². The molecule has 1 aromatic rings. The minimum absolute atomic E-state index is 0.237. The second-order valence-corrected chi connectivity index (χ2v) is 6.84. The number of aliphatic carboxylic acids is 1. The number of hydrogen-bond donors (Lipinski definition) is 1. The van der Waals surface area contributed by atoms with Crippen LogP contribution in [0.15, 0.2) is 11.4 Å². The van der Waals surface area contributed by atoms with E-state index in [0.29, 0.717) is 10.9 Å². The van der Waals surface area contributed by atoms with Crippen LogP contribution in [0.25, 0.3) is 0 Å². The maximum atomic E-state index is 12.6. The highest BCUT2D eigenvalue weighted by molar-refractivity contribution is 7.99. The van der Waals surface area contributed by atoms with Gasteiger partial charge < -0.3 is 9.67 Å². The number of alkyl halides is 3. The van der Waals surface area contributed by atoms with Gasteiger partial charge in [0.1, 0.15) is 0 Å². The highest BCUT2D eigenvalue weighted by Crippen LogP contribution is 2.35. The van der Waals surface area contributed by atoms with Crippen molar-refractivity contribution >= 4 is 17.7 Å². The second kappa shape index (κ2) is 6.29. The molecule has 1 heterocycles. The number of imidazole rings is 1. The molecule has 1 rings (SSSR count). The van der Waals surface area contributed by atoms with Crippen molar-refractivity contribution in [3.05, 3.63) is 11.9 Å². The predicted octanol–water partition coefficient (Wildman–Crippen LogP) is 3.87. The van der Waals surface area contributed by atoms with Gasteiger partial charge in [0.25, 0.3) is 0 Å². The molecular formula is C13H19F3N2O2S. The van der Waals surface area contributed by atoms with Crippen molar-refractivity contribution in [2.45, 2.75) is 56.9 Å². The van der Waals surface area contributed by atoms with Gasteiger partial charge in [0, 0.05) is 23.3 Å². The fourth-order valence-electron chi connectivity index (χ4n) is 1.98. The third-order valence-electron chi connectivity index (χ3n) is 2.82. The smallest absolute Gasteiger partial charge is 0.391 e. The average molecular weight is 324 g/mol. The van der Waals surface area contributed by atoms with Crippen molar-refractivity contribution in [3.63, 3.8) is 0 Å². The van der Waals surface area contributed by atoms with E-state index in [9.17, 15) is 18.0 Å². The highest BCUT2D eigenvalue weighted by Gasteiger charge is 2.34. The largest absolute Gasteiger partial charge is 0.481 e. The van der Waals surface area contributed by atoms with Gasteiger partial charge in [-0.2, -0.15) is 13.2 Å². The summed E-state index contributed by atoms with van der Waals surface area (Å²) in [6, 6.07) is -0.835. The van der Waals surface area contributed by atoms with Gasteiger partial charge in [-0.25, -0.2) is 4.98 Å². The molecule has 1 N–H and O–H groups in total. The Kier molecular flexibility index (Phi) is 5.35. The first kappa shape index (κ1) is 17.9. The Labute approximate surface area is 125 Å². The molecular weight excluding hydrogens is 305 g/mol. The maximum Gasteiger partial charge on any atom is 0.391 e. The lowest BCUT2D eigenvalue weighted by atomic mass is 9.92. The van der Waals surface area contributed by atoms with Crippen LogP contribution in [0.3, 0.4) is 0 Å². The number of carboxylic acids is 1. The molecule has 0 fully saturated rings. The summed E-state index contributed by atoms with van der Waals surface area (Å²) in [5.41, 5.74) is 0.279. The number of rotatable bonds is 5. The third-order valence-corrected chi connectivity index (χ3v) is 3.78. The van der Waals surface area contributed by atoms with Crippen LogP contribution >= 0.6 is 11.8 Å². The van der Waals surface area contributed by atoms with Crippen molar-refractivity contribution in [1.29, 1.82) is 0 Å². The molecule has 8 heteroatoms. The minimum atomic E-state index is -4.28. The van der Waals surface area contributed by atoms with E-state index in [0.717, 1.165) is 11.8 Å². The zero-order valence-electron chi connectivity index (χ0n) is 12.4. The van der Waals surface area contributed by atoms with Crippen LogP contribution in [0.4, 0.5) is 13.2 Å². The van der Waals surface area contributed by atoms with Gasteiger partial charge in [0.15, 0.2) is 5.16 Å². The molecule has 1 unspecified atom stereocenters. The molecule has 1 aromatic heterocycles. The SMILES string of the molecule is CC(CC(F)(F)F)n1c(C(C)(C)C)cnc1SCC(=O)O. The number of nitrogens with zero attached hydrogens (tertiary/aromatic N) is 2. The van der Waals surface area contributed by atoms with Gasteiger partial charge in [-0.3, -0.25) is 4.79 Å². The molecule has 0 bridgehead atoms. The summed E-state index contributed by atoms with van der Waals surface area (Å²) in [6.45, 7) is 7.11. The van der Waals surface area contributed by atoms with Gasteiger partial charge in [-0.15, -0.1) is 0 Å². The van der Waals surface area contributed by atoms with Crippen molar-refractivity contribution in [3.8, 4) is 0 Å². The molecule has 0 aliphatic rings. The molecule has 0 aromatic carbocycles. The molecule has 0 amide bonds. The molecule has 0 aliphatic carbocycles. The lowest BCUT2D eigenvalue weighted by Crippen LogP contribution is -2.24. The quantitative estimate of drug-likeness (QED) is 0.835. The number of thioether (sulfide) groups is 1. The van der Waals surface area contributed by atoms with E-state index in [2.05, 4.69) is 4.98 Å². The number of aromatic nitrogens is 2. The minimum Gasteiger partial charge on any atom is -0.481 e. The average Bonchev–Trinajstić information content (AvgIpc) is 2.66. The van der Waals surface area contributed by atoms with Gasteiger partial charge in [0.2, 0.25) is 0 Å². The lowest BCUT2D eigenvalue weighted by molar-refractivity contribution is -0.142. The number of carboxylic acid groups (broad SMARTS) is 1. The summed E-state index contributed by atoms with van der Waals surface area (Å²) in [5, 5.41) is 9.02. The van der Waals surface area contributed by atoms with Crippen molar-refractivity contribution in [2.75, 3.05) is 5.75 Å². The normalized spacial score (nSPS) is 14.2. The van der Waals surface area contributed by atoms with Crippen LogP contribution in [0.5, 0.6) is 0 Å². The first-order valence-electron chi connectivity index (χ1n) is 6.41. The summed E-state index contributed by atoms with van der Waals surface area (Å²) in [5.74, 6) is -1.27. The molecule has 0 spiro atoms. The van der Waals surface area contributed by atoms with E-state index in [1.165, 1.54) is 17.7 Å². The molecule has 0 radical (unpaired) electrons. The van der Waals surface area contributed by atoms with Crippen molar-refractivity contribution in [1.82, 2.24) is 9.55 Å². The van der Waals surface area contributed by atoms with Crippen LogP contribution in [0.2, 0.25) is 0 Å². The zero-order chi connectivity index (χ0) is 16.4. The van der Waals surface area contributed by atoms with E-state index < -0.39 is 24.6 Å². The predicted molar refractivity (Wildman–Crippen MR) is 74.7 cm³/mol. The third kappa shape index (κ3) is 5.26. The van der Waals surface area contributed by atoms with Crippen LogP contribution < -0.4 is 0 Å². The van der Waals surface area contributed by atoms with Gasteiger partial charge in [-0.1, -0.05) is 32.5 Å². The molecule has 21 heavy (non-hydrogen) atoms. The second-order valence-electron chi connectivity index (χ2n) is 5.90. The number of halogens is 3. The summed E-state index contributed by atoms with van der Waals surface area (Å²) in [7, 11) is 0. The van der Waals surface area contributed by atoms with Gasteiger partial charge >= 0.3 is 12.1 Å². The maximum absolute atomic E-state index is 12.6. The number of carbonyl (C=O) groups is 1. The number of hydrogen-bond acceptors (Lipinski definition) is 3. The summed E-state index contributed by atoms with van der Waals surface area (Å²) in [4.78, 5) is 14.7. The van der Waals surface area contributed by atoms with E-state index in [1.807, 2.05) is 20.8 Å². The Balaban J connectivity index is 3.16. The van der Waals surface area contributed by atoms with Crippen LogP contribution in [-0.4, -0.2) is 32.6 Å². The van der Waals surface area contributed by atoms with E-state index in [4.69, 9.17) is 5.11 Å². The first-order valence-corrected chi connectivity index (χ1v) is 7.39. The molecule has 0 aliphatic heterocycles. The van der Waals surface area contributed by atoms with Gasteiger partial charge in [0.05, 0.1) is 12.2 Å². The topological polar surface area (TPSA) is 55.1 Å². The standard InChI is InChI=1S/C13H19F3N2O2S/c1-8(5-13(14,15)16)18-9(12(2,3)4)6-17-11(18)21-7-10(19)20/h6,8H,5,7H2,1-4H3,(H,19,20). The fourth-order valence-corrected chi connectivity index (χ4v) is 2.78.